The lowest BCUT2D eigenvalue weighted by Gasteiger charge is -2.16. The topological polar surface area (TPSA) is 114 Å². The molecule has 5 N–H and O–H groups in total. The van der Waals surface area contributed by atoms with Gasteiger partial charge in [0.05, 0.1) is 19.0 Å². The van der Waals surface area contributed by atoms with E-state index in [0.29, 0.717) is 23.8 Å². The molecular weight excluding hydrogens is 342 g/mol. The fourth-order valence-electron chi connectivity index (χ4n) is 2.89. The minimum atomic E-state index is -0.0966. The van der Waals surface area contributed by atoms with Crippen LogP contribution in [0.2, 0.25) is 0 Å². The predicted octanol–water partition coefficient (Wildman–Crippen LogP) is 2.53. The Bertz CT molecular complexity index is 918. The van der Waals surface area contributed by atoms with Gasteiger partial charge in [-0.2, -0.15) is 9.97 Å². The van der Waals surface area contributed by atoms with Gasteiger partial charge in [-0.3, -0.25) is 0 Å². The van der Waals surface area contributed by atoms with Gasteiger partial charge in [-0.05, 0) is 31.9 Å². The van der Waals surface area contributed by atoms with Crippen molar-refractivity contribution in [1.29, 1.82) is 0 Å². The first-order valence-corrected chi connectivity index (χ1v) is 9.24. The van der Waals surface area contributed by atoms with Crippen LogP contribution in [0.15, 0.2) is 24.5 Å². The Kier molecular flexibility index (Phi) is 5.75. The molecule has 0 amide bonds. The standard InChI is InChI=1S/C19H27N7O/c1-4-14(10-27)23-19-24-17(16-18(25-19)26(5-2)11-22-16)21-9-13-8-12(3)6-7-15(13)20/h6-8,11,14,27H,4-5,9-10,20H2,1-3H3,(H2,21,23,24,25). The highest BCUT2D eigenvalue weighted by Crippen LogP contribution is 2.23. The normalized spacial score (nSPS) is 12.3. The number of nitrogens with two attached hydrogens (primary N) is 1. The van der Waals surface area contributed by atoms with Crippen molar-refractivity contribution in [2.45, 2.75) is 46.3 Å². The van der Waals surface area contributed by atoms with Gasteiger partial charge >= 0.3 is 0 Å². The second-order valence-corrected chi connectivity index (χ2v) is 6.59. The van der Waals surface area contributed by atoms with Crippen LogP contribution in [0.4, 0.5) is 17.5 Å². The number of benzene rings is 1. The van der Waals surface area contributed by atoms with Crippen LogP contribution in [0.3, 0.4) is 0 Å². The van der Waals surface area contributed by atoms with Gasteiger partial charge in [0.1, 0.15) is 0 Å². The Morgan fingerprint density at radius 3 is 2.78 bits per heavy atom. The van der Waals surface area contributed by atoms with Gasteiger partial charge in [-0.25, -0.2) is 4.98 Å². The lowest BCUT2D eigenvalue weighted by atomic mass is 10.1. The number of aryl methyl sites for hydroxylation is 2. The monoisotopic (exact) mass is 369 g/mol. The van der Waals surface area contributed by atoms with E-state index < -0.39 is 0 Å². The van der Waals surface area contributed by atoms with Crippen molar-refractivity contribution >= 4 is 28.6 Å². The molecule has 0 fully saturated rings. The third-order valence-corrected chi connectivity index (χ3v) is 4.60. The number of rotatable bonds is 8. The Morgan fingerprint density at radius 1 is 1.26 bits per heavy atom. The summed E-state index contributed by atoms with van der Waals surface area (Å²) in [5.74, 6) is 1.11. The molecule has 144 valence electrons. The average Bonchev–Trinajstić information content (AvgIpc) is 3.09. The van der Waals surface area contributed by atoms with Crippen molar-refractivity contribution in [3.05, 3.63) is 35.7 Å². The first kappa shape index (κ1) is 18.9. The molecule has 1 atom stereocenters. The Hall–Kier alpha value is -2.87. The first-order chi connectivity index (χ1) is 13.0. The second kappa shape index (κ2) is 8.22. The lowest BCUT2D eigenvalue weighted by molar-refractivity contribution is 0.271. The van der Waals surface area contributed by atoms with Crippen LogP contribution >= 0.6 is 0 Å². The van der Waals surface area contributed by atoms with E-state index in [1.54, 1.807) is 6.33 Å². The summed E-state index contributed by atoms with van der Waals surface area (Å²) >= 11 is 0. The van der Waals surface area contributed by atoms with Gasteiger partial charge in [0.15, 0.2) is 17.0 Å². The van der Waals surface area contributed by atoms with Crippen molar-refractivity contribution in [2.24, 2.45) is 0 Å². The molecule has 27 heavy (non-hydrogen) atoms. The number of nitrogens with one attached hydrogen (secondary N) is 2. The SMILES string of the molecule is CCC(CO)Nc1nc(NCc2cc(C)ccc2N)c2ncn(CC)c2n1. The van der Waals surface area contributed by atoms with Gasteiger partial charge < -0.3 is 26.0 Å². The molecule has 3 rings (SSSR count). The molecule has 1 unspecified atom stereocenters. The molecule has 0 aliphatic rings. The second-order valence-electron chi connectivity index (χ2n) is 6.59. The molecule has 2 aromatic heterocycles. The van der Waals surface area contributed by atoms with Crippen LogP contribution in [-0.4, -0.2) is 37.3 Å². The van der Waals surface area contributed by atoms with Crippen LogP contribution in [0.25, 0.3) is 11.2 Å². The summed E-state index contributed by atoms with van der Waals surface area (Å²) in [6, 6.07) is 5.87. The number of fused-ring (bicyclic) bond motifs is 1. The molecule has 8 heteroatoms. The van der Waals surface area contributed by atoms with Gasteiger partial charge in [0.2, 0.25) is 5.95 Å². The van der Waals surface area contributed by atoms with Gasteiger partial charge in [0, 0.05) is 18.8 Å². The molecule has 0 spiro atoms. The van der Waals surface area contributed by atoms with Gasteiger partial charge in [0.25, 0.3) is 0 Å². The quantitative estimate of drug-likeness (QED) is 0.451. The maximum atomic E-state index is 9.47. The van der Waals surface area contributed by atoms with Crippen molar-refractivity contribution in [3.63, 3.8) is 0 Å². The Balaban J connectivity index is 1.94. The van der Waals surface area contributed by atoms with Crippen LogP contribution in [-0.2, 0) is 13.1 Å². The molecule has 0 saturated heterocycles. The number of hydrogen-bond acceptors (Lipinski definition) is 7. The smallest absolute Gasteiger partial charge is 0.227 e. The number of hydrogen-bond donors (Lipinski definition) is 4. The molecule has 0 radical (unpaired) electrons. The van der Waals surface area contributed by atoms with E-state index >= 15 is 0 Å². The molecule has 1 aromatic carbocycles. The Morgan fingerprint density at radius 2 is 2.07 bits per heavy atom. The minimum Gasteiger partial charge on any atom is -0.398 e. The maximum Gasteiger partial charge on any atom is 0.227 e. The van der Waals surface area contributed by atoms with Gasteiger partial charge in [-0.15, -0.1) is 0 Å². The predicted molar refractivity (Wildman–Crippen MR) is 109 cm³/mol. The summed E-state index contributed by atoms with van der Waals surface area (Å²) < 4.78 is 1.97. The number of aliphatic hydroxyl groups is 1. The highest BCUT2D eigenvalue weighted by Gasteiger charge is 2.15. The average molecular weight is 369 g/mol. The zero-order valence-corrected chi connectivity index (χ0v) is 16.0. The number of nitrogens with zero attached hydrogens (tertiary/aromatic N) is 4. The van der Waals surface area contributed by atoms with E-state index in [9.17, 15) is 5.11 Å². The third-order valence-electron chi connectivity index (χ3n) is 4.60. The number of nitrogen functional groups attached to an aromatic ring is 1. The van der Waals surface area contributed by atoms with E-state index in [1.807, 2.05) is 37.5 Å². The van der Waals surface area contributed by atoms with E-state index in [1.165, 1.54) is 0 Å². The van der Waals surface area contributed by atoms with Crippen LogP contribution < -0.4 is 16.4 Å². The highest BCUT2D eigenvalue weighted by atomic mass is 16.3. The molecular formula is C19H27N7O. The number of anilines is 3. The third kappa shape index (κ3) is 4.11. The molecule has 0 saturated carbocycles. The fraction of sp³-hybridized carbons (Fsp3) is 0.421. The summed E-state index contributed by atoms with van der Waals surface area (Å²) in [7, 11) is 0. The number of imidazole rings is 1. The van der Waals surface area contributed by atoms with Crippen LogP contribution in [0, 0.1) is 6.92 Å². The Labute approximate surface area is 158 Å². The zero-order valence-electron chi connectivity index (χ0n) is 16.0. The zero-order chi connectivity index (χ0) is 19.4. The van der Waals surface area contributed by atoms with Crippen molar-refractivity contribution < 1.29 is 5.11 Å². The maximum absolute atomic E-state index is 9.47. The molecule has 0 aliphatic heterocycles. The van der Waals surface area contributed by atoms with Crippen molar-refractivity contribution in [1.82, 2.24) is 19.5 Å². The molecule has 8 nitrogen and oxygen atoms in total. The largest absolute Gasteiger partial charge is 0.398 e. The first-order valence-electron chi connectivity index (χ1n) is 9.24. The van der Waals surface area contributed by atoms with Crippen molar-refractivity contribution in [3.8, 4) is 0 Å². The summed E-state index contributed by atoms with van der Waals surface area (Å²) in [6.45, 7) is 7.40. The van der Waals surface area contributed by atoms with E-state index in [4.69, 9.17) is 5.73 Å². The lowest BCUT2D eigenvalue weighted by Crippen LogP contribution is -2.24. The van der Waals surface area contributed by atoms with E-state index in [0.717, 1.165) is 35.4 Å². The van der Waals surface area contributed by atoms with Crippen LogP contribution in [0.5, 0.6) is 0 Å². The minimum absolute atomic E-state index is 0.0214. The van der Waals surface area contributed by atoms with Crippen molar-refractivity contribution in [2.75, 3.05) is 23.0 Å². The molecule has 0 bridgehead atoms. The number of aromatic nitrogens is 4. The number of aliphatic hydroxyl groups excluding tert-OH is 1. The summed E-state index contributed by atoms with van der Waals surface area (Å²) in [5, 5.41) is 16.0. The van der Waals surface area contributed by atoms with E-state index in [-0.39, 0.29) is 12.6 Å². The molecule has 0 aliphatic carbocycles. The summed E-state index contributed by atoms with van der Waals surface area (Å²) in [4.78, 5) is 13.7. The molecule has 2 heterocycles. The van der Waals surface area contributed by atoms with Crippen LogP contribution in [0.1, 0.15) is 31.4 Å². The molecule has 3 aromatic rings. The summed E-state index contributed by atoms with van der Waals surface area (Å²) in [6.07, 6.45) is 2.53. The highest BCUT2D eigenvalue weighted by molar-refractivity contribution is 5.84. The van der Waals surface area contributed by atoms with E-state index in [2.05, 4.69) is 31.7 Å². The fourth-order valence-corrected chi connectivity index (χ4v) is 2.89. The summed E-state index contributed by atoms with van der Waals surface area (Å²) in [5.41, 5.74) is 10.5. The van der Waals surface area contributed by atoms with Gasteiger partial charge in [-0.1, -0.05) is 24.6 Å².